The molecular formula is C15H15BrN2O. The van der Waals surface area contributed by atoms with E-state index in [0.717, 1.165) is 35.2 Å². The van der Waals surface area contributed by atoms with Gasteiger partial charge in [0.2, 0.25) is 0 Å². The minimum atomic E-state index is -0.0590. The highest BCUT2D eigenvalue weighted by molar-refractivity contribution is 9.10. The van der Waals surface area contributed by atoms with Crippen LogP contribution in [0.5, 0.6) is 5.75 Å². The van der Waals surface area contributed by atoms with Gasteiger partial charge in [0.05, 0.1) is 6.61 Å². The Labute approximate surface area is 120 Å². The Hall–Kier alpha value is -1.39. The first-order chi connectivity index (χ1) is 9.24. The normalized spacial score (nSPS) is 14.8. The monoisotopic (exact) mass is 318 g/mol. The molecule has 4 heteroatoms. The van der Waals surface area contributed by atoms with Gasteiger partial charge in [-0.3, -0.25) is 4.98 Å². The maximum absolute atomic E-state index is 6.26. The van der Waals surface area contributed by atoms with Crippen LogP contribution in [0.4, 0.5) is 0 Å². The van der Waals surface area contributed by atoms with Crippen LogP contribution >= 0.6 is 15.9 Å². The van der Waals surface area contributed by atoms with E-state index in [4.69, 9.17) is 10.5 Å². The summed E-state index contributed by atoms with van der Waals surface area (Å²) in [7, 11) is 0. The minimum Gasteiger partial charge on any atom is -0.493 e. The lowest BCUT2D eigenvalue weighted by Crippen LogP contribution is -2.14. The maximum Gasteiger partial charge on any atom is 0.125 e. The molecule has 2 heterocycles. The van der Waals surface area contributed by atoms with Gasteiger partial charge in [0, 0.05) is 29.3 Å². The van der Waals surface area contributed by atoms with E-state index in [2.05, 4.69) is 33.0 Å². The summed E-state index contributed by atoms with van der Waals surface area (Å²) in [4.78, 5) is 4.12. The third-order valence-electron chi connectivity index (χ3n) is 3.38. The van der Waals surface area contributed by atoms with Gasteiger partial charge in [0.25, 0.3) is 0 Å². The van der Waals surface area contributed by atoms with E-state index in [1.165, 1.54) is 11.1 Å². The second kappa shape index (κ2) is 5.31. The number of hydrogen-bond acceptors (Lipinski definition) is 3. The molecule has 1 atom stereocenters. The fourth-order valence-corrected chi connectivity index (χ4v) is 3.00. The largest absolute Gasteiger partial charge is 0.493 e. The predicted molar refractivity (Wildman–Crippen MR) is 78.2 cm³/mol. The Morgan fingerprint density at radius 2 is 2.32 bits per heavy atom. The predicted octanol–water partition coefficient (Wildman–Crippen LogP) is 3.02. The molecule has 0 fully saturated rings. The van der Waals surface area contributed by atoms with Crippen LogP contribution in [0.3, 0.4) is 0 Å². The molecule has 0 amide bonds. The van der Waals surface area contributed by atoms with Crippen LogP contribution in [0, 0.1) is 0 Å². The van der Waals surface area contributed by atoms with Crippen LogP contribution in [-0.2, 0) is 12.8 Å². The third-order valence-corrected chi connectivity index (χ3v) is 3.84. The number of nitrogens with zero attached hydrogens (tertiary/aromatic N) is 1. The van der Waals surface area contributed by atoms with E-state index in [1.54, 1.807) is 6.20 Å². The zero-order valence-electron chi connectivity index (χ0n) is 10.5. The Balaban J connectivity index is 1.88. The fourth-order valence-electron chi connectivity index (χ4n) is 2.45. The summed E-state index contributed by atoms with van der Waals surface area (Å²) in [6, 6.07) is 8.09. The molecule has 0 saturated carbocycles. The van der Waals surface area contributed by atoms with Gasteiger partial charge >= 0.3 is 0 Å². The average Bonchev–Trinajstić information content (AvgIpc) is 2.88. The Morgan fingerprint density at radius 1 is 1.42 bits per heavy atom. The molecule has 0 radical (unpaired) electrons. The van der Waals surface area contributed by atoms with Crippen LogP contribution in [0.15, 0.2) is 41.1 Å². The Bertz CT molecular complexity index is 586. The molecule has 1 unspecified atom stereocenters. The molecule has 98 valence electrons. The van der Waals surface area contributed by atoms with E-state index in [1.807, 2.05) is 18.3 Å². The number of pyridine rings is 1. The van der Waals surface area contributed by atoms with Crippen molar-refractivity contribution in [2.45, 2.75) is 18.9 Å². The van der Waals surface area contributed by atoms with Crippen LogP contribution in [0.25, 0.3) is 0 Å². The Kier molecular flexibility index (Phi) is 3.53. The fraction of sp³-hybridized carbons (Fsp3) is 0.267. The first-order valence-corrected chi connectivity index (χ1v) is 7.13. The van der Waals surface area contributed by atoms with Crippen molar-refractivity contribution in [1.29, 1.82) is 0 Å². The zero-order valence-corrected chi connectivity index (χ0v) is 12.1. The number of nitrogens with two attached hydrogens (primary N) is 1. The van der Waals surface area contributed by atoms with Crippen molar-refractivity contribution in [2.24, 2.45) is 5.73 Å². The van der Waals surface area contributed by atoms with Gasteiger partial charge in [-0.15, -0.1) is 0 Å². The lowest BCUT2D eigenvalue weighted by atomic mass is 9.98. The van der Waals surface area contributed by atoms with E-state index in [0.29, 0.717) is 0 Å². The number of halogens is 1. The molecule has 1 aliphatic heterocycles. The van der Waals surface area contributed by atoms with Crippen LogP contribution in [0.1, 0.15) is 22.7 Å². The molecule has 3 nitrogen and oxygen atoms in total. The first kappa shape index (κ1) is 12.6. The summed E-state index contributed by atoms with van der Waals surface area (Å²) in [6.07, 6.45) is 5.32. The van der Waals surface area contributed by atoms with Crippen molar-refractivity contribution in [3.63, 3.8) is 0 Å². The zero-order chi connectivity index (χ0) is 13.2. The van der Waals surface area contributed by atoms with Gasteiger partial charge in [0.1, 0.15) is 5.75 Å². The van der Waals surface area contributed by atoms with Crippen molar-refractivity contribution in [1.82, 2.24) is 4.98 Å². The second-order valence-corrected chi connectivity index (χ2v) is 5.66. The molecular weight excluding hydrogens is 304 g/mol. The maximum atomic E-state index is 6.26. The SMILES string of the molecule is NC(Cc1cc(Br)cc2c1OCC2)c1cccnc1. The van der Waals surface area contributed by atoms with Crippen LogP contribution < -0.4 is 10.5 Å². The lowest BCUT2D eigenvalue weighted by Gasteiger charge is -2.14. The quantitative estimate of drug-likeness (QED) is 0.946. The highest BCUT2D eigenvalue weighted by Crippen LogP contribution is 2.34. The Morgan fingerprint density at radius 3 is 3.11 bits per heavy atom. The highest BCUT2D eigenvalue weighted by atomic mass is 79.9. The van der Waals surface area contributed by atoms with Gasteiger partial charge < -0.3 is 10.5 Å². The van der Waals surface area contributed by atoms with Crippen molar-refractivity contribution in [2.75, 3.05) is 6.61 Å². The number of fused-ring (bicyclic) bond motifs is 1. The summed E-state index contributed by atoms with van der Waals surface area (Å²) < 4.78 is 6.82. The number of benzene rings is 1. The summed E-state index contributed by atoms with van der Waals surface area (Å²) in [5, 5.41) is 0. The highest BCUT2D eigenvalue weighted by Gasteiger charge is 2.19. The third kappa shape index (κ3) is 2.65. The average molecular weight is 319 g/mol. The molecule has 0 bridgehead atoms. The summed E-state index contributed by atoms with van der Waals surface area (Å²) in [5.74, 6) is 1.02. The first-order valence-electron chi connectivity index (χ1n) is 6.33. The van der Waals surface area contributed by atoms with Crippen molar-refractivity contribution in [3.05, 3.63) is 57.8 Å². The smallest absolute Gasteiger partial charge is 0.125 e. The molecule has 3 rings (SSSR count). The van der Waals surface area contributed by atoms with Crippen LogP contribution in [-0.4, -0.2) is 11.6 Å². The standard InChI is InChI=1S/C15H15BrN2O/c16-13-6-10-3-5-19-15(10)12(7-13)8-14(17)11-2-1-4-18-9-11/h1-2,4,6-7,9,14H,3,5,8,17H2. The van der Waals surface area contributed by atoms with Crippen molar-refractivity contribution >= 4 is 15.9 Å². The van der Waals surface area contributed by atoms with Gasteiger partial charge in [0.15, 0.2) is 0 Å². The van der Waals surface area contributed by atoms with Crippen molar-refractivity contribution < 1.29 is 4.74 Å². The van der Waals surface area contributed by atoms with Gasteiger partial charge in [-0.25, -0.2) is 0 Å². The number of aromatic nitrogens is 1. The molecule has 1 aliphatic rings. The number of rotatable bonds is 3. The summed E-state index contributed by atoms with van der Waals surface area (Å²) >= 11 is 3.55. The van der Waals surface area contributed by atoms with Crippen molar-refractivity contribution in [3.8, 4) is 5.75 Å². The minimum absolute atomic E-state index is 0.0590. The van der Waals surface area contributed by atoms with Crippen LogP contribution in [0.2, 0.25) is 0 Å². The second-order valence-electron chi connectivity index (χ2n) is 4.75. The molecule has 19 heavy (non-hydrogen) atoms. The molecule has 2 N–H and O–H groups in total. The van der Waals surface area contributed by atoms with Gasteiger partial charge in [-0.05, 0) is 41.3 Å². The molecule has 1 aromatic carbocycles. The van der Waals surface area contributed by atoms with E-state index in [-0.39, 0.29) is 6.04 Å². The topological polar surface area (TPSA) is 48.1 Å². The summed E-state index contributed by atoms with van der Waals surface area (Å²) in [6.45, 7) is 0.765. The summed E-state index contributed by atoms with van der Waals surface area (Å²) in [5.41, 5.74) is 9.74. The molecule has 2 aromatic rings. The molecule has 0 aliphatic carbocycles. The number of hydrogen-bond donors (Lipinski definition) is 1. The van der Waals surface area contributed by atoms with E-state index >= 15 is 0 Å². The number of ether oxygens (including phenoxy) is 1. The molecule has 0 saturated heterocycles. The van der Waals surface area contributed by atoms with Gasteiger partial charge in [-0.2, -0.15) is 0 Å². The van der Waals surface area contributed by atoms with E-state index in [9.17, 15) is 0 Å². The van der Waals surface area contributed by atoms with Gasteiger partial charge in [-0.1, -0.05) is 22.0 Å². The molecule has 1 aromatic heterocycles. The van der Waals surface area contributed by atoms with E-state index < -0.39 is 0 Å². The molecule has 0 spiro atoms. The lowest BCUT2D eigenvalue weighted by molar-refractivity contribution is 0.352.